The van der Waals surface area contributed by atoms with Gasteiger partial charge in [-0.25, -0.2) is 9.67 Å². The van der Waals surface area contributed by atoms with Crippen molar-refractivity contribution < 1.29 is 0 Å². The maximum absolute atomic E-state index is 5.84. The summed E-state index contributed by atoms with van der Waals surface area (Å²) in [6, 6.07) is 24.7. The SMILES string of the molecule is CC(C)Cc1nc(CCc2ccc(N)cc2)n(Cc2ccc(-c3ccccc3-c3nn[nH]n3)cc2)n1. The highest BCUT2D eigenvalue weighted by molar-refractivity contribution is 5.80. The molecule has 3 N–H and O–H groups in total. The first-order chi connectivity index (χ1) is 17.5. The molecular formula is C28H30N8. The minimum absolute atomic E-state index is 0.504. The van der Waals surface area contributed by atoms with Crippen molar-refractivity contribution in [3.8, 4) is 22.5 Å². The topological polar surface area (TPSA) is 111 Å². The standard InChI is InChI=1S/C28H30N8/c1-19(2)17-26-30-27(16-11-20-9-14-23(29)15-10-20)36(33-26)18-21-7-12-22(13-8-21)24-5-3-4-6-25(24)28-31-34-35-32-28/h3-10,12-15,19H,11,16-18,29H2,1-2H3,(H,31,32,34,35). The molecule has 0 atom stereocenters. The van der Waals surface area contributed by atoms with Gasteiger partial charge in [-0.05, 0) is 51.9 Å². The lowest BCUT2D eigenvalue weighted by molar-refractivity contribution is 0.596. The van der Waals surface area contributed by atoms with Crippen molar-refractivity contribution in [2.45, 2.75) is 39.7 Å². The van der Waals surface area contributed by atoms with Gasteiger partial charge in [0, 0.05) is 24.1 Å². The summed E-state index contributed by atoms with van der Waals surface area (Å²) in [4.78, 5) is 4.89. The molecule has 8 heteroatoms. The van der Waals surface area contributed by atoms with Gasteiger partial charge in [0.05, 0.1) is 6.54 Å². The van der Waals surface area contributed by atoms with Crippen LogP contribution in [0.3, 0.4) is 0 Å². The first kappa shape index (κ1) is 23.4. The molecule has 0 aliphatic heterocycles. The van der Waals surface area contributed by atoms with Crippen molar-refractivity contribution in [3.63, 3.8) is 0 Å². The third-order valence-electron chi connectivity index (χ3n) is 6.11. The second-order valence-corrected chi connectivity index (χ2v) is 9.42. The minimum Gasteiger partial charge on any atom is -0.399 e. The zero-order chi connectivity index (χ0) is 24.9. The van der Waals surface area contributed by atoms with Gasteiger partial charge in [-0.2, -0.15) is 10.3 Å². The molecule has 36 heavy (non-hydrogen) atoms. The molecule has 2 aromatic heterocycles. The van der Waals surface area contributed by atoms with Crippen molar-refractivity contribution in [1.29, 1.82) is 0 Å². The van der Waals surface area contributed by atoms with Crippen LogP contribution in [0.1, 0.15) is 36.6 Å². The molecule has 0 aliphatic rings. The van der Waals surface area contributed by atoms with Crippen LogP contribution >= 0.6 is 0 Å². The summed E-state index contributed by atoms with van der Waals surface area (Å²) in [7, 11) is 0. The van der Waals surface area contributed by atoms with E-state index in [1.807, 2.05) is 30.3 Å². The molecule has 5 aromatic rings. The number of nitrogens with one attached hydrogen (secondary N) is 1. The van der Waals surface area contributed by atoms with E-state index in [1.54, 1.807) is 0 Å². The lowest BCUT2D eigenvalue weighted by Crippen LogP contribution is -2.08. The number of aryl methyl sites for hydroxylation is 2. The van der Waals surface area contributed by atoms with Crippen molar-refractivity contribution >= 4 is 5.69 Å². The number of benzene rings is 3. The van der Waals surface area contributed by atoms with Gasteiger partial charge in [0.2, 0.25) is 5.82 Å². The van der Waals surface area contributed by atoms with E-state index in [1.165, 1.54) is 11.1 Å². The summed E-state index contributed by atoms with van der Waals surface area (Å²) in [6.45, 7) is 5.06. The Labute approximate surface area is 210 Å². The van der Waals surface area contributed by atoms with Gasteiger partial charge in [-0.15, -0.1) is 10.2 Å². The third kappa shape index (κ3) is 5.49. The fourth-order valence-electron chi connectivity index (χ4n) is 4.30. The Bertz CT molecular complexity index is 1400. The second kappa shape index (κ2) is 10.5. The molecule has 3 aromatic carbocycles. The fourth-order valence-corrected chi connectivity index (χ4v) is 4.30. The number of aromatic amines is 1. The molecule has 8 nitrogen and oxygen atoms in total. The lowest BCUT2D eigenvalue weighted by Gasteiger charge is -2.10. The van der Waals surface area contributed by atoms with Gasteiger partial charge < -0.3 is 5.73 Å². The van der Waals surface area contributed by atoms with E-state index < -0.39 is 0 Å². The number of rotatable bonds is 9. The molecule has 0 radical (unpaired) electrons. The summed E-state index contributed by atoms with van der Waals surface area (Å²) in [6.07, 6.45) is 2.59. The smallest absolute Gasteiger partial charge is 0.205 e. The van der Waals surface area contributed by atoms with Crippen LogP contribution in [0.5, 0.6) is 0 Å². The normalized spacial score (nSPS) is 11.3. The molecular weight excluding hydrogens is 448 g/mol. The average Bonchev–Trinajstić information content (AvgIpc) is 3.54. The highest BCUT2D eigenvalue weighted by Gasteiger charge is 2.14. The Balaban J connectivity index is 1.36. The first-order valence-electron chi connectivity index (χ1n) is 12.2. The van der Waals surface area contributed by atoms with Crippen molar-refractivity contribution in [1.82, 2.24) is 35.4 Å². The van der Waals surface area contributed by atoms with E-state index in [0.717, 1.165) is 53.3 Å². The third-order valence-corrected chi connectivity index (χ3v) is 6.11. The van der Waals surface area contributed by atoms with Crippen LogP contribution in [0.25, 0.3) is 22.5 Å². The molecule has 182 valence electrons. The number of tetrazole rings is 1. The zero-order valence-electron chi connectivity index (χ0n) is 20.6. The Kier molecular flexibility index (Phi) is 6.84. The molecule has 0 bridgehead atoms. The fraction of sp³-hybridized carbons (Fsp3) is 0.250. The van der Waals surface area contributed by atoms with Crippen LogP contribution in [0, 0.1) is 5.92 Å². The van der Waals surface area contributed by atoms with Crippen LogP contribution in [0.4, 0.5) is 5.69 Å². The summed E-state index contributed by atoms with van der Waals surface area (Å²) in [5.74, 6) is 3.00. The maximum Gasteiger partial charge on any atom is 0.205 e. The Morgan fingerprint density at radius 1 is 0.861 bits per heavy atom. The van der Waals surface area contributed by atoms with Crippen LogP contribution in [0.15, 0.2) is 72.8 Å². The van der Waals surface area contributed by atoms with Crippen LogP contribution < -0.4 is 5.73 Å². The van der Waals surface area contributed by atoms with Crippen LogP contribution in [-0.2, 0) is 25.8 Å². The van der Waals surface area contributed by atoms with Gasteiger partial charge in [0.15, 0.2) is 5.82 Å². The first-order valence-corrected chi connectivity index (χ1v) is 12.2. The Hall–Kier alpha value is -4.33. The molecule has 0 amide bonds. The Morgan fingerprint density at radius 3 is 2.28 bits per heavy atom. The molecule has 0 aliphatic carbocycles. The quantitative estimate of drug-likeness (QED) is 0.296. The van der Waals surface area contributed by atoms with Gasteiger partial charge in [-0.1, -0.05) is 74.5 Å². The van der Waals surface area contributed by atoms with Crippen molar-refractivity contribution in [2.75, 3.05) is 5.73 Å². The van der Waals surface area contributed by atoms with E-state index >= 15 is 0 Å². The summed E-state index contributed by atoms with van der Waals surface area (Å²) in [5, 5.41) is 19.4. The van der Waals surface area contributed by atoms with Crippen molar-refractivity contribution in [2.24, 2.45) is 5.92 Å². The number of nitrogen functional groups attached to an aromatic ring is 1. The summed E-state index contributed by atoms with van der Waals surface area (Å²) >= 11 is 0. The van der Waals surface area contributed by atoms with Gasteiger partial charge in [-0.3, -0.25) is 0 Å². The molecule has 0 saturated carbocycles. The largest absolute Gasteiger partial charge is 0.399 e. The predicted molar refractivity (Wildman–Crippen MR) is 141 cm³/mol. The molecule has 0 saturated heterocycles. The van der Waals surface area contributed by atoms with Gasteiger partial charge in [0.1, 0.15) is 5.82 Å². The number of nitrogens with zero attached hydrogens (tertiary/aromatic N) is 6. The number of hydrogen-bond acceptors (Lipinski definition) is 6. The molecule has 5 rings (SSSR count). The van der Waals surface area contributed by atoms with E-state index in [-0.39, 0.29) is 0 Å². The lowest BCUT2D eigenvalue weighted by atomic mass is 9.98. The highest BCUT2D eigenvalue weighted by atomic mass is 15.5. The number of anilines is 1. The molecule has 0 fully saturated rings. The van der Waals surface area contributed by atoms with E-state index in [2.05, 4.69) is 81.6 Å². The predicted octanol–water partition coefficient (Wildman–Crippen LogP) is 4.74. The maximum atomic E-state index is 5.84. The summed E-state index contributed by atoms with van der Waals surface area (Å²) < 4.78 is 2.05. The van der Waals surface area contributed by atoms with Crippen LogP contribution in [-0.4, -0.2) is 35.4 Å². The zero-order valence-corrected chi connectivity index (χ0v) is 20.6. The number of hydrogen-bond donors (Lipinski definition) is 2. The van der Waals surface area contributed by atoms with E-state index in [4.69, 9.17) is 15.8 Å². The number of nitrogens with two attached hydrogens (primary N) is 1. The molecule has 0 unspecified atom stereocenters. The number of aromatic nitrogens is 7. The highest BCUT2D eigenvalue weighted by Crippen LogP contribution is 2.29. The van der Waals surface area contributed by atoms with Gasteiger partial charge in [0.25, 0.3) is 0 Å². The molecule has 2 heterocycles. The van der Waals surface area contributed by atoms with Gasteiger partial charge >= 0.3 is 0 Å². The summed E-state index contributed by atoms with van der Waals surface area (Å²) in [5.41, 5.74) is 12.1. The molecule has 0 spiro atoms. The van der Waals surface area contributed by atoms with E-state index in [0.29, 0.717) is 18.3 Å². The average molecular weight is 479 g/mol. The monoisotopic (exact) mass is 478 g/mol. The number of H-pyrrole nitrogens is 1. The second-order valence-electron chi connectivity index (χ2n) is 9.42. The van der Waals surface area contributed by atoms with E-state index in [9.17, 15) is 0 Å². The van der Waals surface area contributed by atoms with Crippen LogP contribution in [0.2, 0.25) is 0 Å². The van der Waals surface area contributed by atoms with Crippen molar-refractivity contribution in [3.05, 3.63) is 95.6 Å². The minimum atomic E-state index is 0.504. The Morgan fingerprint density at radius 2 is 1.58 bits per heavy atom.